The summed E-state index contributed by atoms with van der Waals surface area (Å²) in [7, 11) is 0. The number of benzene rings is 1. The van der Waals surface area contributed by atoms with Crippen molar-refractivity contribution in [3.8, 4) is 5.88 Å². The van der Waals surface area contributed by atoms with E-state index in [1.165, 1.54) is 12.3 Å². The summed E-state index contributed by atoms with van der Waals surface area (Å²) in [5.41, 5.74) is -1.82. The van der Waals surface area contributed by atoms with Gasteiger partial charge in [0.1, 0.15) is 17.8 Å². The number of nitrogens with one attached hydrogen (secondary N) is 1. The third-order valence-electron chi connectivity index (χ3n) is 6.07. The summed E-state index contributed by atoms with van der Waals surface area (Å²) in [6.45, 7) is 9.06. The first-order valence-corrected chi connectivity index (χ1v) is 12.2. The molecule has 7 nitrogen and oxygen atoms in total. The molecule has 1 aromatic heterocycles. The molecule has 1 aromatic carbocycles. The number of aromatic nitrogens is 1. The number of amides is 2. The largest absolute Gasteiger partial charge is 0.476 e. The molecular formula is C27H34F3N3O4. The predicted octanol–water partition coefficient (Wildman–Crippen LogP) is 5.41. The molecular weight excluding hydrogens is 487 g/mol. The Morgan fingerprint density at radius 2 is 1.73 bits per heavy atom. The van der Waals surface area contributed by atoms with Crippen molar-refractivity contribution in [1.29, 1.82) is 0 Å². The number of rotatable bonds is 6. The van der Waals surface area contributed by atoms with Gasteiger partial charge in [-0.3, -0.25) is 4.79 Å². The van der Waals surface area contributed by atoms with Crippen molar-refractivity contribution in [2.45, 2.75) is 64.8 Å². The van der Waals surface area contributed by atoms with E-state index in [0.717, 1.165) is 11.6 Å². The highest BCUT2D eigenvalue weighted by atomic mass is 19.4. The van der Waals surface area contributed by atoms with Crippen molar-refractivity contribution >= 4 is 12.0 Å². The molecule has 2 aromatic rings. The molecule has 1 N–H and O–H groups in total. The lowest BCUT2D eigenvalue weighted by Gasteiger charge is -2.40. The summed E-state index contributed by atoms with van der Waals surface area (Å²) in [5.74, 6) is -1.13. The van der Waals surface area contributed by atoms with Crippen LogP contribution in [-0.4, -0.2) is 53.2 Å². The standard InChI is InChI=1S/C27H34F3N3O4/c1-25(2,3)37-24(35)33-15-13-21(19(16-33)18-10-7-6-8-11-18)32-23(34)26(4,5)17-36-22-20(27(28,29)30)12-9-14-31-22/h6-12,14,19,21H,13,15-17H2,1-5H3,(H,32,34). The third kappa shape index (κ3) is 7.60. The van der Waals surface area contributed by atoms with Gasteiger partial charge >= 0.3 is 12.3 Å². The number of ether oxygens (including phenoxy) is 2. The number of hydrogen-bond donors (Lipinski definition) is 1. The van der Waals surface area contributed by atoms with Crippen LogP contribution in [0.25, 0.3) is 0 Å². The van der Waals surface area contributed by atoms with Crippen molar-refractivity contribution in [2.75, 3.05) is 19.7 Å². The van der Waals surface area contributed by atoms with Gasteiger partial charge in [0.25, 0.3) is 0 Å². The highest BCUT2D eigenvalue weighted by Crippen LogP contribution is 2.35. The van der Waals surface area contributed by atoms with Gasteiger partial charge in [-0.2, -0.15) is 13.2 Å². The van der Waals surface area contributed by atoms with Crippen molar-refractivity contribution in [2.24, 2.45) is 5.41 Å². The Hall–Kier alpha value is -3.30. The molecule has 0 saturated carbocycles. The number of carbonyl (C=O) groups is 2. The van der Waals surface area contributed by atoms with Gasteiger partial charge < -0.3 is 19.7 Å². The minimum Gasteiger partial charge on any atom is -0.476 e. The fourth-order valence-corrected chi connectivity index (χ4v) is 4.05. The fourth-order valence-electron chi connectivity index (χ4n) is 4.05. The summed E-state index contributed by atoms with van der Waals surface area (Å²) in [4.78, 5) is 31.3. The van der Waals surface area contributed by atoms with Crippen LogP contribution in [-0.2, 0) is 15.7 Å². The van der Waals surface area contributed by atoms with Gasteiger partial charge in [-0.15, -0.1) is 0 Å². The fraction of sp³-hybridized carbons (Fsp3) is 0.519. The Morgan fingerprint density at radius 3 is 2.35 bits per heavy atom. The molecule has 0 bridgehead atoms. The minimum atomic E-state index is -4.62. The molecule has 1 saturated heterocycles. The molecule has 0 aliphatic carbocycles. The van der Waals surface area contributed by atoms with Crippen LogP contribution >= 0.6 is 0 Å². The van der Waals surface area contributed by atoms with E-state index in [9.17, 15) is 22.8 Å². The Kier molecular flexibility index (Phi) is 8.39. The summed E-state index contributed by atoms with van der Waals surface area (Å²) in [5, 5.41) is 3.06. The van der Waals surface area contributed by atoms with Crippen molar-refractivity contribution in [3.63, 3.8) is 0 Å². The molecule has 2 atom stereocenters. The first-order valence-electron chi connectivity index (χ1n) is 12.2. The van der Waals surface area contributed by atoms with Crippen LogP contribution in [0.4, 0.5) is 18.0 Å². The number of nitrogens with zero attached hydrogens (tertiary/aromatic N) is 2. The summed E-state index contributed by atoms with van der Waals surface area (Å²) in [6, 6.07) is 11.3. The lowest BCUT2D eigenvalue weighted by atomic mass is 9.84. The van der Waals surface area contributed by atoms with Crippen LogP contribution < -0.4 is 10.1 Å². The molecule has 2 heterocycles. The van der Waals surface area contributed by atoms with E-state index < -0.39 is 34.7 Å². The Morgan fingerprint density at radius 1 is 1.05 bits per heavy atom. The zero-order valence-electron chi connectivity index (χ0n) is 21.8. The van der Waals surface area contributed by atoms with E-state index in [1.54, 1.807) is 39.5 Å². The van der Waals surface area contributed by atoms with Crippen molar-refractivity contribution < 1.29 is 32.2 Å². The van der Waals surface area contributed by atoms with Crippen LogP contribution in [0.15, 0.2) is 48.7 Å². The second-order valence-electron chi connectivity index (χ2n) is 10.8. The molecule has 2 unspecified atom stereocenters. The summed E-state index contributed by atoms with van der Waals surface area (Å²) >= 11 is 0. The monoisotopic (exact) mass is 521 g/mol. The summed E-state index contributed by atoms with van der Waals surface area (Å²) < 4.78 is 50.8. The molecule has 1 aliphatic rings. The average molecular weight is 522 g/mol. The second kappa shape index (κ2) is 11.0. The highest BCUT2D eigenvalue weighted by molar-refractivity contribution is 5.82. The Labute approximate surface area is 215 Å². The molecule has 10 heteroatoms. The van der Waals surface area contributed by atoms with Crippen LogP contribution in [0.5, 0.6) is 5.88 Å². The van der Waals surface area contributed by atoms with E-state index in [2.05, 4.69) is 10.3 Å². The van der Waals surface area contributed by atoms with Gasteiger partial charge in [0.15, 0.2) is 0 Å². The van der Waals surface area contributed by atoms with E-state index >= 15 is 0 Å². The molecule has 1 fully saturated rings. The van der Waals surface area contributed by atoms with Gasteiger partial charge in [0.05, 0.1) is 5.41 Å². The molecule has 202 valence electrons. The van der Waals surface area contributed by atoms with Crippen LogP contribution in [0, 0.1) is 5.41 Å². The van der Waals surface area contributed by atoms with Crippen LogP contribution in [0.1, 0.15) is 58.1 Å². The minimum absolute atomic E-state index is 0.198. The maximum atomic E-state index is 13.3. The van der Waals surface area contributed by atoms with Crippen molar-refractivity contribution in [1.82, 2.24) is 15.2 Å². The van der Waals surface area contributed by atoms with E-state index in [1.807, 2.05) is 30.3 Å². The van der Waals surface area contributed by atoms with Gasteiger partial charge in [0, 0.05) is 31.2 Å². The first-order chi connectivity index (χ1) is 17.2. The van der Waals surface area contributed by atoms with Gasteiger partial charge in [-0.1, -0.05) is 30.3 Å². The quantitative estimate of drug-likeness (QED) is 0.550. The second-order valence-corrected chi connectivity index (χ2v) is 10.8. The topological polar surface area (TPSA) is 80.8 Å². The lowest BCUT2D eigenvalue weighted by Crippen LogP contribution is -2.54. The van der Waals surface area contributed by atoms with Gasteiger partial charge in [-0.25, -0.2) is 9.78 Å². The third-order valence-corrected chi connectivity index (χ3v) is 6.07. The molecule has 0 spiro atoms. The number of halogens is 3. The predicted molar refractivity (Wildman–Crippen MR) is 132 cm³/mol. The molecule has 3 rings (SSSR count). The van der Waals surface area contributed by atoms with Gasteiger partial charge in [0.2, 0.25) is 11.8 Å². The zero-order valence-corrected chi connectivity index (χ0v) is 21.8. The van der Waals surface area contributed by atoms with Gasteiger partial charge in [-0.05, 0) is 58.7 Å². The number of hydrogen-bond acceptors (Lipinski definition) is 5. The van der Waals surface area contributed by atoms with E-state index in [0.29, 0.717) is 19.5 Å². The number of carbonyl (C=O) groups excluding carboxylic acids is 2. The summed E-state index contributed by atoms with van der Waals surface area (Å²) in [6.07, 6.45) is -3.34. The number of piperidine rings is 1. The normalized spacial score (nSPS) is 18.8. The van der Waals surface area contributed by atoms with E-state index in [-0.39, 0.29) is 24.5 Å². The van der Waals surface area contributed by atoms with Crippen LogP contribution in [0.2, 0.25) is 0 Å². The highest BCUT2D eigenvalue weighted by Gasteiger charge is 2.39. The number of likely N-dealkylation sites (tertiary alicyclic amines) is 1. The Bertz CT molecular complexity index is 1080. The van der Waals surface area contributed by atoms with Crippen LogP contribution in [0.3, 0.4) is 0 Å². The first kappa shape index (κ1) is 28.3. The molecule has 0 radical (unpaired) electrons. The lowest BCUT2D eigenvalue weighted by molar-refractivity contribution is -0.139. The Balaban J connectivity index is 1.72. The van der Waals surface area contributed by atoms with Crippen molar-refractivity contribution in [3.05, 3.63) is 59.8 Å². The van der Waals surface area contributed by atoms with E-state index in [4.69, 9.17) is 9.47 Å². The average Bonchev–Trinajstić information content (AvgIpc) is 2.82. The maximum Gasteiger partial charge on any atom is 0.421 e. The smallest absolute Gasteiger partial charge is 0.421 e. The zero-order chi connectivity index (χ0) is 27.4. The SMILES string of the molecule is CC(C)(C)OC(=O)N1CCC(NC(=O)C(C)(C)COc2ncccc2C(F)(F)F)C(c2ccccc2)C1. The molecule has 2 amide bonds. The number of pyridine rings is 1. The number of alkyl halides is 3. The maximum absolute atomic E-state index is 13.3. The molecule has 1 aliphatic heterocycles. The molecule has 37 heavy (non-hydrogen) atoms.